The van der Waals surface area contributed by atoms with Gasteiger partial charge in [-0.3, -0.25) is 44.1 Å². The van der Waals surface area contributed by atoms with Crippen LogP contribution in [0.5, 0.6) is 0 Å². The summed E-state index contributed by atoms with van der Waals surface area (Å²) in [6.07, 6.45) is 3.29. The molecule has 0 unspecified atom stereocenters. The second-order valence-electron chi connectivity index (χ2n) is 29.2. The van der Waals surface area contributed by atoms with Crippen LogP contribution in [0.15, 0.2) is 89.0 Å². The summed E-state index contributed by atoms with van der Waals surface area (Å²) < 4.78 is 109. The molecule has 0 saturated heterocycles. The van der Waals surface area contributed by atoms with E-state index in [0.29, 0.717) is 61.0 Å². The molecular weight excluding hydrogens is 1440 g/mol. The van der Waals surface area contributed by atoms with Crippen molar-refractivity contribution in [2.75, 3.05) is 25.4 Å². The highest BCUT2D eigenvalue weighted by atomic mass is 35.5. The minimum Gasteiger partial charge on any atom is -0.460 e. The number of hydrogen-bond donors (Lipinski definition) is 2. The lowest BCUT2D eigenvalue weighted by atomic mass is 9.88. The Morgan fingerprint density at radius 2 is 0.830 bits per heavy atom. The van der Waals surface area contributed by atoms with Gasteiger partial charge in [0.25, 0.3) is 0 Å². The fraction of sp³-hybridized carbons (Fsp3) is 0.529. The van der Waals surface area contributed by atoms with Crippen LogP contribution in [0.4, 0.5) is 19.0 Å². The molecule has 0 bridgehead atoms. The number of carbonyl (C=O) groups excluding carboxylic acids is 4. The predicted molar refractivity (Wildman–Crippen MR) is 385 cm³/mol. The number of Topliss-reactive ketones (excluding diaryl/α,β-unsaturated/α-hetero) is 2. The normalized spacial score (nSPS) is 28.2. The quantitative estimate of drug-likeness (QED) is 0.0817. The van der Waals surface area contributed by atoms with Crippen molar-refractivity contribution in [2.45, 2.75) is 207 Å². The largest absolute Gasteiger partial charge is 0.460 e. The SMILES string of the molecule is CC(C)(C)OC(=O)CC1=N[C@](C)(c2nc(CC(=O)c3ncc(Cl)cc3Cl)ccc2F)[C@@H]2CCN=[S@]2(=O)C1(C)C.CC(C)(C)OC(=O)CC1=N[C@](C)(c2nc(N)ccc2F)[C@@H]2CCN=[S@]2(=O)C1(C)C.CC1(C)C(N)=N[C@](C)(c2nc(CC(=O)c3ncc(Cl)cc3Cl)ccc2F)[C@@H]2CCN=[S@@]21=O. The van der Waals surface area contributed by atoms with Crippen LogP contribution in [-0.4, -0.2) is 139 Å². The molecule has 11 heterocycles. The molecule has 6 aliphatic heterocycles. The number of nitrogens with zero attached hydrogens (tertiary/aromatic N) is 11. The standard InChI is InChI=1S/C27H31Cl2FN4O4S.C21H22Cl2FN5O2S.C20H29FN4O3S/c1-25(2,3)38-22(36)13-20-26(4,5)39(37)21(9-10-32-39)27(6,34-20)24-18(30)8-7-16(33-24)12-19(35)23-17(29)11-15(28)14-31-23;1-20(2)19(25)29-21(3,16-6-7-27-32(16,20)31)18-14(24)5-4-12(28-18)9-15(30)17-13(23)8-11(22)10-26-17;1-18(2,3)28-16(26)11-13-19(4,5)29(27)14(9-10-23-29)20(6,25-13)17-12(21)7-8-15(22)24-17/h7-8,11,14,21H,9-10,12-13H2,1-6H3;4-5,8,10,16H,6-7,9H2,1-3H3,(H2,25,29);7-8,14H,9-11H2,1-6H3,(H2,22,24)/t21-,27-,39+;16-,21-,32+;14-,20-,29+/m000/s1. The van der Waals surface area contributed by atoms with E-state index in [2.05, 4.69) is 43.0 Å². The van der Waals surface area contributed by atoms with Gasteiger partial charge in [-0.15, -0.1) is 0 Å². The first-order chi connectivity index (χ1) is 46.1. The molecule has 0 aliphatic carbocycles. The number of esters is 2. The molecule has 100 heavy (non-hydrogen) atoms. The van der Waals surface area contributed by atoms with Crippen molar-refractivity contribution in [3.05, 3.63) is 138 Å². The average Bonchev–Trinajstić information content (AvgIpc) is 1.40. The Morgan fingerprint density at radius 1 is 0.500 bits per heavy atom. The van der Waals surface area contributed by atoms with Gasteiger partial charge >= 0.3 is 11.9 Å². The van der Waals surface area contributed by atoms with E-state index >= 15 is 8.78 Å². The van der Waals surface area contributed by atoms with E-state index < -0.39 is 128 Å². The zero-order chi connectivity index (χ0) is 74.3. The number of carbonyl (C=O) groups is 4. The van der Waals surface area contributed by atoms with Crippen LogP contribution in [0.2, 0.25) is 20.1 Å². The maximum atomic E-state index is 15.5. The number of hydrogen-bond acceptors (Lipinski definition) is 22. The van der Waals surface area contributed by atoms with Gasteiger partial charge in [-0.1, -0.05) is 46.4 Å². The van der Waals surface area contributed by atoms with E-state index in [-0.39, 0.29) is 86.6 Å². The predicted octanol–water partition coefficient (Wildman–Crippen LogP) is 12.9. The Labute approximate surface area is 601 Å². The number of anilines is 1. The van der Waals surface area contributed by atoms with E-state index in [1.807, 2.05) is 0 Å². The molecule has 6 aliphatic rings. The van der Waals surface area contributed by atoms with Crippen molar-refractivity contribution in [2.24, 2.45) is 33.8 Å². The lowest BCUT2D eigenvalue weighted by Gasteiger charge is -2.45. The number of nitrogens with two attached hydrogens (primary N) is 2. The fourth-order valence-electron chi connectivity index (χ4n) is 13.5. The van der Waals surface area contributed by atoms with Crippen LogP contribution >= 0.6 is 46.4 Å². The van der Waals surface area contributed by atoms with Crippen molar-refractivity contribution < 1.29 is 54.4 Å². The molecule has 0 spiro atoms. The first kappa shape index (κ1) is 77.6. The number of amidine groups is 1. The van der Waals surface area contributed by atoms with Crippen LogP contribution in [-0.2, 0) is 77.7 Å². The highest BCUT2D eigenvalue weighted by Gasteiger charge is 2.61. The van der Waals surface area contributed by atoms with Crippen molar-refractivity contribution >= 4 is 122 Å². The molecule has 0 aromatic carbocycles. The highest BCUT2D eigenvalue weighted by molar-refractivity contribution is 7.97. The molecule has 540 valence electrons. The smallest absolute Gasteiger partial charge is 0.312 e. The molecule has 9 atom stereocenters. The molecule has 32 heteroatoms. The minimum absolute atomic E-state index is 0.00811. The Balaban J connectivity index is 0.000000177. The van der Waals surface area contributed by atoms with Crippen molar-refractivity contribution in [3.63, 3.8) is 0 Å². The number of pyridine rings is 5. The first-order valence-electron chi connectivity index (χ1n) is 32.1. The number of fused-ring (bicyclic) bond motifs is 3. The summed E-state index contributed by atoms with van der Waals surface area (Å²) in [6, 6.07) is 10.7. The fourth-order valence-corrected chi connectivity index (χ4v) is 24.1. The number of nitrogen functional groups attached to an aromatic ring is 1. The maximum absolute atomic E-state index is 15.5. The van der Waals surface area contributed by atoms with Crippen molar-refractivity contribution in [3.8, 4) is 0 Å². The molecular formula is C68H82Cl4F3N13O9S3. The third kappa shape index (κ3) is 14.5. The van der Waals surface area contributed by atoms with Gasteiger partial charge in [0.2, 0.25) is 0 Å². The summed E-state index contributed by atoms with van der Waals surface area (Å²) in [7, 11) is -8.69. The lowest BCUT2D eigenvalue weighted by molar-refractivity contribution is -0.154. The second kappa shape index (κ2) is 27.6. The van der Waals surface area contributed by atoms with E-state index in [1.165, 1.54) is 60.9 Å². The summed E-state index contributed by atoms with van der Waals surface area (Å²) in [6.45, 7) is 27.3. The van der Waals surface area contributed by atoms with Crippen molar-refractivity contribution in [1.29, 1.82) is 0 Å². The van der Waals surface area contributed by atoms with Gasteiger partial charge in [0.15, 0.2) is 11.6 Å². The summed E-state index contributed by atoms with van der Waals surface area (Å²) in [5.74, 6) is -3.38. The molecule has 0 amide bonds. The molecule has 22 nitrogen and oxygen atoms in total. The molecule has 5 aromatic rings. The van der Waals surface area contributed by atoms with E-state index in [4.69, 9.17) is 77.3 Å². The Bertz CT molecular complexity index is 4730. The van der Waals surface area contributed by atoms with Gasteiger partial charge < -0.3 is 20.9 Å². The van der Waals surface area contributed by atoms with Gasteiger partial charge in [0.05, 0.1) is 100 Å². The van der Waals surface area contributed by atoms with Gasteiger partial charge in [-0.25, -0.2) is 53.8 Å². The number of rotatable bonds is 13. The van der Waals surface area contributed by atoms with E-state index in [1.54, 1.807) is 104 Å². The van der Waals surface area contributed by atoms with E-state index in [0.717, 1.165) is 0 Å². The van der Waals surface area contributed by atoms with Crippen molar-refractivity contribution in [1.82, 2.24) is 24.9 Å². The van der Waals surface area contributed by atoms with Gasteiger partial charge in [0, 0.05) is 54.8 Å². The van der Waals surface area contributed by atoms with Crippen LogP contribution in [0.1, 0.15) is 185 Å². The van der Waals surface area contributed by atoms with Crippen LogP contribution in [0.3, 0.4) is 0 Å². The summed E-state index contributed by atoms with van der Waals surface area (Å²) >= 11 is 24.0. The third-order valence-corrected chi connectivity index (χ3v) is 30.9. The zero-order valence-corrected chi connectivity index (χ0v) is 63.7. The van der Waals surface area contributed by atoms with Gasteiger partial charge in [0.1, 0.15) is 90.1 Å². The summed E-state index contributed by atoms with van der Waals surface area (Å²) in [5, 5.41) is -0.923. The molecule has 0 fully saturated rings. The number of ether oxygens (including phenoxy) is 2. The Morgan fingerprint density at radius 3 is 1.18 bits per heavy atom. The Hall–Kier alpha value is -6.56. The number of halogens is 7. The highest BCUT2D eigenvalue weighted by Crippen LogP contribution is 2.52. The molecule has 5 aromatic heterocycles. The minimum atomic E-state index is -3.00. The molecule has 4 N–H and O–H groups in total. The Kier molecular flexibility index (Phi) is 21.4. The summed E-state index contributed by atoms with van der Waals surface area (Å²) in [5.41, 5.74) is 8.00. The van der Waals surface area contributed by atoms with Gasteiger partial charge in [-0.2, -0.15) is 0 Å². The third-order valence-electron chi connectivity index (χ3n) is 18.8. The molecule has 0 radical (unpaired) electrons. The maximum Gasteiger partial charge on any atom is 0.312 e. The van der Waals surface area contributed by atoms with Crippen LogP contribution in [0.25, 0.3) is 0 Å². The monoisotopic (exact) mass is 1520 g/mol. The topological polar surface area (TPSA) is 329 Å². The van der Waals surface area contributed by atoms with Crippen LogP contribution < -0.4 is 11.5 Å². The number of aromatic nitrogens is 5. The molecule has 11 rings (SSSR count). The number of ketones is 2. The first-order valence-corrected chi connectivity index (χ1v) is 38.4. The zero-order valence-electron chi connectivity index (χ0n) is 58.2. The summed E-state index contributed by atoms with van der Waals surface area (Å²) in [4.78, 5) is 86.5. The van der Waals surface area contributed by atoms with Gasteiger partial charge in [-0.05, 0) is 172 Å². The molecule has 0 saturated carbocycles. The second-order valence-corrected chi connectivity index (χ2v) is 39.9. The lowest BCUT2D eigenvalue weighted by Crippen LogP contribution is -2.58. The number of aliphatic imine (C=N–C) groups is 3. The van der Waals surface area contributed by atoms with Crippen LogP contribution in [0, 0.1) is 17.5 Å². The van der Waals surface area contributed by atoms with E-state index in [9.17, 15) is 36.2 Å². The average molecular weight is 1520 g/mol.